The molecule has 0 aliphatic heterocycles. The lowest BCUT2D eigenvalue weighted by Gasteiger charge is -2.49. The van der Waals surface area contributed by atoms with Gasteiger partial charge in [0.2, 0.25) is 0 Å². The summed E-state index contributed by atoms with van der Waals surface area (Å²) < 4.78 is 0. The molecule has 1 aromatic carbocycles. The van der Waals surface area contributed by atoms with E-state index in [0.29, 0.717) is 18.4 Å². The third kappa shape index (κ3) is 4.49. The first kappa shape index (κ1) is 21.1. The number of allylic oxidation sites excluding steroid dienone is 2. The number of rotatable bonds is 7. The number of fused-ring (bicyclic) bond motifs is 1. The largest absolute Gasteiger partial charge is 0.394 e. The molecule has 0 spiro atoms. The molecular weight excluding hydrogens is 348 g/mol. The van der Waals surface area contributed by atoms with Gasteiger partial charge in [-0.1, -0.05) is 48.5 Å². The van der Waals surface area contributed by atoms with Gasteiger partial charge < -0.3 is 14.8 Å². The number of aliphatic hydroxyl groups is 1. The summed E-state index contributed by atoms with van der Waals surface area (Å²) in [5.74, 6) is 0.859. The van der Waals surface area contributed by atoms with Crippen molar-refractivity contribution in [3.8, 4) is 0 Å². The minimum absolute atomic E-state index is 0.0564. The molecular formula is C24H36N2O2. The number of oxime groups is 1. The van der Waals surface area contributed by atoms with E-state index in [1.165, 1.54) is 5.56 Å². The third-order valence-electron chi connectivity index (χ3n) is 7.04. The van der Waals surface area contributed by atoms with Crippen molar-refractivity contribution in [1.82, 2.24) is 4.90 Å². The summed E-state index contributed by atoms with van der Waals surface area (Å²) in [5.41, 5.74) is 1.85. The Kier molecular flexibility index (Phi) is 6.61. The average molecular weight is 385 g/mol. The Labute approximate surface area is 170 Å². The number of hydrogen-bond donors (Lipinski definition) is 1. The van der Waals surface area contributed by atoms with Crippen LogP contribution < -0.4 is 0 Å². The molecule has 154 valence electrons. The number of hydrogen-bond acceptors (Lipinski definition) is 4. The van der Waals surface area contributed by atoms with Crippen LogP contribution >= 0.6 is 0 Å². The van der Waals surface area contributed by atoms with Crippen LogP contribution in [0.3, 0.4) is 0 Å². The Morgan fingerprint density at radius 3 is 2.71 bits per heavy atom. The van der Waals surface area contributed by atoms with Gasteiger partial charge in [0, 0.05) is 12.0 Å². The van der Waals surface area contributed by atoms with Crippen LogP contribution in [0, 0.1) is 11.3 Å². The summed E-state index contributed by atoms with van der Waals surface area (Å²) in [6.07, 6.45) is 9.13. The van der Waals surface area contributed by atoms with E-state index in [4.69, 9.17) is 4.84 Å². The quantitative estimate of drug-likeness (QED) is 0.424. The molecule has 0 bridgehead atoms. The maximum absolute atomic E-state index is 11.6. The molecule has 1 N–H and O–H groups in total. The van der Waals surface area contributed by atoms with Gasteiger partial charge in [-0.25, -0.2) is 0 Å². The molecule has 1 aromatic rings. The van der Waals surface area contributed by atoms with Crippen LogP contribution in [0.15, 0.2) is 47.1 Å². The van der Waals surface area contributed by atoms with Crippen molar-refractivity contribution >= 4 is 6.21 Å². The Bertz CT molecular complexity index is 700. The van der Waals surface area contributed by atoms with Gasteiger partial charge in [-0.3, -0.25) is 0 Å². The molecule has 0 amide bonds. The van der Waals surface area contributed by atoms with Gasteiger partial charge in [-0.05, 0) is 76.1 Å². The minimum atomic E-state index is -0.577. The smallest absolute Gasteiger partial charge is 0.129 e. The number of benzene rings is 1. The molecule has 0 saturated heterocycles. The fourth-order valence-electron chi connectivity index (χ4n) is 5.11. The van der Waals surface area contributed by atoms with E-state index in [1.807, 2.05) is 20.3 Å². The first-order valence-corrected chi connectivity index (χ1v) is 10.6. The standard InChI is InChI=1S/C24H36N2O2/c1-19(18-25-28-15-14-26(3)4)16-22-11-13-24(27)17-21(10-12-23(22,24)2)20-8-6-5-7-9-20/h5-9,16,18,21-22,27H,10-15,17H2,1-4H3/t21-,22+,23+,24-/m0/s1. The predicted molar refractivity (Wildman–Crippen MR) is 116 cm³/mol. The van der Waals surface area contributed by atoms with Gasteiger partial charge in [0.15, 0.2) is 0 Å². The van der Waals surface area contributed by atoms with E-state index in [2.05, 4.69) is 60.3 Å². The summed E-state index contributed by atoms with van der Waals surface area (Å²) in [6, 6.07) is 10.7. The van der Waals surface area contributed by atoms with Crippen molar-refractivity contribution in [1.29, 1.82) is 0 Å². The lowest BCUT2D eigenvalue weighted by molar-refractivity contribution is -0.0985. The van der Waals surface area contributed by atoms with Crippen LogP contribution in [0.2, 0.25) is 0 Å². The van der Waals surface area contributed by atoms with E-state index in [1.54, 1.807) is 0 Å². The zero-order chi connectivity index (χ0) is 20.2. The molecule has 28 heavy (non-hydrogen) atoms. The highest BCUT2D eigenvalue weighted by Gasteiger charge is 2.58. The second-order valence-corrected chi connectivity index (χ2v) is 9.23. The Morgan fingerprint density at radius 1 is 1.25 bits per heavy atom. The molecule has 0 heterocycles. The van der Waals surface area contributed by atoms with Gasteiger partial charge in [-0.2, -0.15) is 0 Å². The normalized spacial score (nSPS) is 33.4. The highest BCUT2D eigenvalue weighted by Crippen LogP contribution is 2.61. The maximum Gasteiger partial charge on any atom is 0.129 e. The molecule has 2 saturated carbocycles. The van der Waals surface area contributed by atoms with Crippen molar-refractivity contribution in [2.45, 2.75) is 57.5 Å². The first-order chi connectivity index (χ1) is 13.3. The third-order valence-corrected chi connectivity index (χ3v) is 7.04. The maximum atomic E-state index is 11.6. The van der Waals surface area contributed by atoms with Gasteiger partial charge in [0.1, 0.15) is 6.61 Å². The first-order valence-electron chi connectivity index (χ1n) is 10.6. The zero-order valence-electron chi connectivity index (χ0n) is 17.9. The molecule has 4 nitrogen and oxygen atoms in total. The molecule has 0 aromatic heterocycles. The molecule has 2 aliphatic carbocycles. The van der Waals surface area contributed by atoms with E-state index >= 15 is 0 Å². The number of nitrogens with zero attached hydrogens (tertiary/aromatic N) is 2. The van der Waals surface area contributed by atoms with Gasteiger partial charge in [-0.15, -0.1) is 0 Å². The van der Waals surface area contributed by atoms with E-state index in [-0.39, 0.29) is 5.41 Å². The van der Waals surface area contributed by atoms with E-state index in [9.17, 15) is 5.11 Å². The van der Waals surface area contributed by atoms with Crippen molar-refractivity contribution in [2.24, 2.45) is 16.5 Å². The van der Waals surface area contributed by atoms with Gasteiger partial charge in [0.05, 0.1) is 11.8 Å². The van der Waals surface area contributed by atoms with Crippen LogP contribution in [0.4, 0.5) is 0 Å². The molecule has 4 atom stereocenters. The second kappa shape index (κ2) is 8.79. The lowest BCUT2D eigenvalue weighted by atomic mass is 9.59. The lowest BCUT2D eigenvalue weighted by Crippen LogP contribution is -2.49. The molecule has 0 radical (unpaired) electrons. The summed E-state index contributed by atoms with van der Waals surface area (Å²) in [5, 5.41) is 15.7. The van der Waals surface area contributed by atoms with Crippen LogP contribution in [0.25, 0.3) is 0 Å². The van der Waals surface area contributed by atoms with Crippen molar-refractivity contribution in [3.63, 3.8) is 0 Å². The Balaban J connectivity index is 1.64. The molecule has 2 aliphatic rings. The molecule has 4 heteroatoms. The highest BCUT2D eigenvalue weighted by atomic mass is 16.6. The summed E-state index contributed by atoms with van der Waals surface area (Å²) >= 11 is 0. The van der Waals surface area contributed by atoms with E-state index in [0.717, 1.165) is 44.2 Å². The van der Waals surface area contributed by atoms with Crippen LogP contribution in [0.1, 0.15) is 57.4 Å². The summed E-state index contributed by atoms with van der Waals surface area (Å²) in [7, 11) is 4.04. The minimum Gasteiger partial charge on any atom is -0.394 e. The summed E-state index contributed by atoms with van der Waals surface area (Å²) in [4.78, 5) is 7.41. The zero-order valence-corrected chi connectivity index (χ0v) is 17.9. The predicted octanol–water partition coefficient (Wildman–Crippen LogP) is 4.61. The molecule has 2 fully saturated rings. The number of likely N-dealkylation sites (N-methyl/N-ethyl adjacent to an activating group) is 1. The van der Waals surface area contributed by atoms with Crippen molar-refractivity contribution in [3.05, 3.63) is 47.5 Å². The summed E-state index contributed by atoms with van der Waals surface area (Å²) in [6.45, 7) is 5.82. The molecule has 0 unspecified atom stereocenters. The van der Waals surface area contributed by atoms with Gasteiger partial charge in [0.25, 0.3) is 0 Å². The second-order valence-electron chi connectivity index (χ2n) is 9.23. The Hall–Kier alpha value is -1.65. The van der Waals surface area contributed by atoms with Crippen LogP contribution in [-0.4, -0.2) is 49.1 Å². The SMILES string of the molecule is CC(C=NOCCN(C)C)=C[C@H]1CC[C@]2(O)C[C@@H](c3ccccc3)CC[C@]12C. The van der Waals surface area contributed by atoms with Crippen LogP contribution in [0.5, 0.6) is 0 Å². The fourth-order valence-corrected chi connectivity index (χ4v) is 5.11. The van der Waals surface area contributed by atoms with Crippen molar-refractivity contribution in [2.75, 3.05) is 27.2 Å². The van der Waals surface area contributed by atoms with Crippen molar-refractivity contribution < 1.29 is 9.94 Å². The Morgan fingerprint density at radius 2 is 2.00 bits per heavy atom. The fraction of sp³-hybridized carbons (Fsp3) is 0.625. The van der Waals surface area contributed by atoms with Crippen LogP contribution in [-0.2, 0) is 4.84 Å². The molecule has 3 rings (SSSR count). The topological polar surface area (TPSA) is 45.1 Å². The van der Waals surface area contributed by atoms with E-state index < -0.39 is 5.60 Å². The van der Waals surface area contributed by atoms with Gasteiger partial charge >= 0.3 is 0 Å². The average Bonchev–Trinajstić information content (AvgIpc) is 2.92. The monoisotopic (exact) mass is 384 g/mol. The highest BCUT2D eigenvalue weighted by molar-refractivity contribution is 5.77.